The SMILES string of the molecule is CC(O)CO[CH]CO. The number of rotatable bonds is 4. The Balaban J connectivity index is 2.72. The van der Waals surface area contributed by atoms with Crippen molar-refractivity contribution in [1.29, 1.82) is 0 Å². The predicted octanol–water partition coefficient (Wildman–Crippen LogP) is -0.462. The van der Waals surface area contributed by atoms with Gasteiger partial charge < -0.3 is 14.9 Å². The minimum absolute atomic E-state index is 0.104. The van der Waals surface area contributed by atoms with Crippen LogP contribution < -0.4 is 0 Å². The highest BCUT2D eigenvalue weighted by atomic mass is 16.5. The molecule has 0 aliphatic carbocycles. The summed E-state index contributed by atoms with van der Waals surface area (Å²) in [6, 6.07) is 0. The van der Waals surface area contributed by atoms with Crippen LogP contribution in [-0.4, -0.2) is 29.5 Å². The van der Waals surface area contributed by atoms with Crippen molar-refractivity contribution >= 4 is 0 Å². The Kier molecular flexibility index (Phi) is 4.95. The second-order valence-electron chi connectivity index (χ2n) is 1.53. The van der Waals surface area contributed by atoms with Crippen molar-refractivity contribution in [2.24, 2.45) is 0 Å². The van der Waals surface area contributed by atoms with Crippen LogP contribution in [0.25, 0.3) is 0 Å². The molecule has 0 fully saturated rings. The van der Waals surface area contributed by atoms with Gasteiger partial charge in [0, 0.05) is 0 Å². The van der Waals surface area contributed by atoms with Gasteiger partial charge in [-0.05, 0) is 6.92 Å². The molecule has 0 bridgehead atoms. The molecular formula is C5H11O3. The van der Waals surface area contributed by atoms with Crippen molar-refractivity contribution in [3.8, 4) is 0 Å². The molecule has 1 radical (unpaired) electrons. The smallest absolute Gasteiger partial charge is 0.109 e. The average molecular weight is 119 g/mol. The van der Waals surface area contributed by atoms with E-state index in [-0.39, 0.29) is 13.2 Å². The van der Waals surface area contributed by atoms with Gasteiger partial charge in [-0.2, -0.15) is 0 Å². The summed E-state index contributed by atoms with van der Waals surface area (Å²) < 4.78 is 4.62. The minimum Gasteiger partial charge on any atom is -0.394 e. The van der Waals surface area contributed by atoms with Crippen LogP contribution in [0.15, 0.2) is 0 Å². The molecule has 8 heavy (non-hydrogen) atoms. The Hall–Kier alpha value is -0.120. The molecule has 0 saturated carbocycles. The first-order chi connectivity index (χ1) is 3.77. The first kappa shape index (κ1) is 7.88. The molecular weight excluding hydrogens is 108 g/mol. The van der Waals surface area contributed by atoms with E-state index in [4.69, 9.17) is 10.2 Å². The quantitative estimate of drug-likeness (QED) is 0.492. The van der Waals surface area contributed by atoms with Crippen LogP contribution in [0.5, 0.6) is 0 Å². The highest BCUT2D eigenvalue weighted by Crippen LogP contribution is 1.83. The highest BCUT2D eigenvalue weighted by molar-refractivity contribution is 4.47. The number of aliphatic hydroxyl groups excluding tert-OH is 2. The highest BCUT2D eigenvalue weighted by Gasteiger charge is 1.92. The monoisotopic (exact) mass is 119 g/mol. The van der Waals surface area contributed by atoms with Gasteiger partial charge >= 0.3 is 0 Å². The Morgan fingerprint density at radius 2 is 2.38 bits per heavy atom. The standard InChI is InChI=1S/C5H11O3/c1-5(7)4-8-3-2-6/h3,5-7H,2,4H2,1H3. The van der Waals surface area contributed by atoms with Crippen LogP contribution in [0.1, 0.15) is 6.92 Å². The van der Waals surface area contributed by atoms with E-state index in [0.717, 1.165) is 0 Å². The summed E-state index contributed by atoms with van der Waals surface area (Å²) in [7, 11) is 0. The molecule has 0 aromatic heterocycles. The van der Waals surface area contributed by atoms with Gasteiger partial charge in [0.05, 0.1) is 19.3 Å². The zero-order chi connectivity index (χ0) is 6.41. The van der Waals surface area contributed by atoms with E-state index in [9.17, 15) is 0 Å². The van der Waals surface area contributed by atoms with Gasteiger partial charge in [-0.15, -0.1) is 0 Å². The van der Waals surface area contributed by atoms with Gasteiger partial charge in [0.15, 0.2) is 0 Å². The zero-order valence-electron chi connectivity index (χ0n) is 4.87. The van der Waals surface area contributed by atoms with Crippen molar-refractivity contribution in [2.45, 2.75) is 13.0 Å². The molecule has 0 rings (SSSR count). The third-order valence-corrected chi connectivity index (χ3v) is 0.530. The van der Waals surface area contributed by atoms with Crippen LogP contribution in [0.4, 0.5) is 0 Å². The van der Waals surface area contributed by atoms with E-state index in [2.05, 4.69) is 4.74 Å². The molecule has 0 spiro atoms. The lowest BCUT2D eigenvalue weighted by atomic mass is 10.4. The summed E-state index contributed by atoms with van der Waals surface area (Å²) in [4.78, 5) is 0. The van der Waals surface area contributed by atoms with Gasteiger partial charge in [0.1, 0.15) is 6.61 Å². The molecule has 0 aliphatic rings. The Bertz CT molecular complexity index is 44.9. The molecule has 3 heteroatoms. The van der Waals surface area contributed by atoms with Gasteiger partial charge in [-0.3, -0.25) is 0 Å². The maximum absolute atomic E-state index is 8.55. The van der Waals surface area contributed by atoms with Crippen molar-refractivity contribution < 1.29 is 14.9 Å². The molecule has 0 aliphatic heterocycles. The molecule has 2 N–H and O–H groups in total. The first-order valence-corrected chi connectivity index (χ1v) is 2.49. The van der Waals surface area contributed by atoms with Crippen LogP contribution >= 0.6 is 0 Å². The third-order valence-electron chi connectivity index (χ3n) is 0.530. The second-order valence-corrected chi connectivity index (χ2v) is 1.53. The molecule has 0 aromatic rings. The van der Waals surface area contributed by atoms with Crippen molar-refractivity contribution in [2.75, 3.05) is 13.2 Å². The van der Waals surface area contributed by atoms with E-state index in [1.54, 1.807) is 6.92 Å². The van der Waals surface area contributed by atoms with E-state index >= 15 is 0 Å². The largest absolute Gasteiger partial charge is 0.394 e. The third kappa shape index (κ3) is 5.88. The Morgan fingerprint density at radius 1 is 1.75 bits per heavy atom. The predicted molar refractivity (Wildman–Crippen MR) is 29.0 cm³/mol. The Morgan fingerprint density at radius 3 is 2.75 bits per heavy atom. The number of hydrogen-bond acceptors (Lipinski definition) is 3. The minimum atomic E-state index is -0.460. The normalized spacial score (nSPS) is 13.9. The molecule has 3 nitrogen and oxygen atoms in total. The summed E-state index contributed by atoms with van der Waals surface area (Å²) in [5, 5.41) is 16.7. The fourth-order valence-electron chi connectivity index (χ4n) is 0.260. The summed E-state index contributed by atoms with van der Waals surface area (Å²) >= 11 is 0. The lowest BCUT2D eigenvalue weighted by Gasteiger charge is -2.01. The van der Waals surface area contributed by atoms with Gasteiger partial charge in [-0.1, -0.05) is 0 Å². The van der Waals surface area contributed by atoms with Gasteiger partial charge in [0.25, 0.3) is 0 Å². The molecule has 0 heterocycles. The summed E-state index contributed by atoms with van der Waals surface area (Å²) in [6.07, 6.45) is -0.460. The van der Waals surface area contributed by atoms with Gasteiger partial charge in [0.2, 0.25) is 0 Å². The second kappa shape index (κ2) is 5.03. The molecule has 0 aromatic carbocycles. The van der Waals surface area contributed by atoms with Crippen LogP contribution in [-0.2, 0) is 4.74 Å². The zero-order valence-corrected chi connectivity index (χ0v) is 4.87. The summed E-state index contributed by atoms with van der Waals surface area (Å²) in [5.74, 6) is 0. The molecule has 1 atom stereocenters. The van der Waals surface area contributed by atoms with E-state index in [0.29, 0.717) is 0 Å². The fourth-order valence-corrected chi connectivity index (χ4v) is 0.260. The number of ether oxygens (including phenoxy) is 1. The van der Waals surface area contributed by atoms with Crippen LogP contribution in [0, 0.1) is 6.61 Å². The van der Waals surface area contributed by atoms with E-state index in [1.807, 2.05) is 0 Å². The van der Waals surface area contributed by atoms with Gasteiger partial charge in [-0.25, -0.2) is 0 Å². The Labute approximate surface area is 48.9 Å². The van der Waals surface area contributed by atoms with Crippen molar-refractivity contribution in [3.05, 3.63) is 6.61 Å². The summed E-state index contributed by atoms with van der Waals surface area (Å²) in [5.41, 5.74) is 0. The topological polar surface area (TPSA) is 49.7 Å². The molecule has 0 amide bonds. The lowest BCUT2D eigenvalue weighted by Crippen LogP contribution is -2.09. The first-order valence-electron chi connectivity index (χ1n) is 2.49. The van der Waals surface area contributed by atoms with Crippen LogP contribution in [0.2, 0.25) is 0 Å². The maximum atomic E-state index is 8.55. The number of aliphatic hydroxyl groups is 2. The molecule has 0 saturated heterocycles. The van der Waals surface area contributed by atoms with Crippen molar-refractivity contribution in [3.63, 3.8) is 0 Å². The molecule has 49 valence electrons. The number of hydrogen-bond donors (Lipinski definition) is 2. The average Bonchev–Trinajstić information content (AvgIpc) is 1.66. The molecule has 1 unspecified atom stereocenters. The van der Waals surface area contributed by atoms with Crippen molar-refractivity contribution in [1.82, 2.24) is 0 Å². The summed E-state index contributed by atoms with van der Waals surface area (Å²) in [6.45, 7) is 3.01. The maximum Gasteiger partial charge on any atom is 0.109 e. The fraction of sp³-hybridized carbons (Fsp3) is 0.800. The van der Waals surface area contributed by atoms with Crippen LogP contribution in [0.3, 0.4) is 0 Å². The lowest BCUT2D eigenvalue weighted by molar-refractivity contribution is 0.0640. The van der Waals surface area contributed by atoms with E-state index in [1.165, 1.54) is 6.61 Å². The van der Waals surface area contributed by atoms with E-state index < -0.39 is 6.10 Å².